The Hall–Kier alpha value is -4.11. The number of halogens is 1. The molecule has 0 bridgehead atoms. The highest BCUT2D eigenvalue weighted by Crippen LogP contribution is 2.33. The minimum absolute atomic E-state index is 0.0688. The van der Waals surface area contributed by atoms with E-state index < -0.39 is 11.2 Å². The van der Waals surface area contributed by atoms with Crippen LogP contribution in [0.3, 0.4) is 0 Å². The third-order valence-electron chi connectivity index (χ3n) is 6.60. The molecule has 0 aliphatic carbocycles. The molecule has 190 valence electrons. The molecule has 2 aromatic heterocycles. The van der Waals surface area contributed by atoms with Gasteiger partial charge in [-0.25, -0.2) is 4.79 Å². The van der Waals surface area contributed by atoms with Gasteiger partial charge in [-0.15, -0.1) is 0 Å². The number of hydrogen-bond donors (Lipinski definition) is 1. The molecule has 2 aromatic carbocycles. The summed E-state index contributed by atoms with van der Waals surface area (Å²) in [5, 5.41) is 3.29. The van der Waals surface area contributed by atoms with E-state index >= 15 is 0 Å². The molecule has 37 heavy (non-hydrogen) atoms. The third kappa shape index (κ3) is 4.46. The van der Waals surface area contributed by atoms with E-state index in [2.05, 4.69) is 23.7 Å². The minimum atomic E-state index is -0.451. The molecule has 1 atom stereocenters. The number of aryl methyl sites for hydroxylation is 1. The van der Waals surface area contributed by atoms with Crippen molar-refractivity contribution in [1.82, 2.24) is 24.0 Å². The van der Waals surface area contributed by atoms with Gasteiger partial charge >= 0.3 is 5.69 Å². The van der Waals surface area contributed by atoms with Gasteiger partial charge in [0.2, 0.25) is 11.9 Å². The number of rotatable bonds is 6. The number of hydrogen-bond acceptors (Lipinski definition) is 5. The second kappa shape index (κ2) is 9.74. The Labute approximate surface area is 218 Å². The fourth-order valence-electron chi connectivity index (χ4n) is 4.75. The topological polar surface area (TPSA) is 94.2 Å². The van der Waals surface area contributed by atoms with Gasteiger partial charge in [0.25, 0.3) is 5.56 Å². The van der Waals surface area contributed by atoms with Crippen molar-refractivity contribution in [3.05, 3.63) is 98.2 Å². The molecule has 0 saturated heterocycles. The molecule has 1 aliphatic heterocycles. The van der Waals surface area contributed by atoms with Crippen molar-refractivity contribution in [2.45, 2.75) is 26.6 Å². The Kier molecular flexibility index (Phi) is 6.47. The molecule has 5 rings (SSSR count). The van der Waals surface area contributed by atoms with E-state index in [1.54, 1.807) is 19.2 Å². The lowest BCUT2D eigenvalue weighted by Crippen LogP contribution is -2.40. The number of amides is 1. The number of aromatic nitrogens is 4. The summed E-state index contributed by atoms with van der Waals surface area (Å²) in [6.07, 6.45) is 1.24. The highest BCUT2D eigenvalue weighted by Gasteiger charge is 2.30. The summed E-state index contributed by atoms with van der Waals surface area (Å²) >= 11 is 6.32. The van der Waals surface area contributed by atoms with Crippen molar-refractivity contribution in [3.8, 4) is 0 Å². The Bertz CT molecular complexity index is 1650. The van der Waals surface area contributed by atoms with Gasteiger partial charge < -0.3 is 14.8 Å². The fraction of sp³-hybridized carbons (Fsp3) is 0.259. The van der Waals surface area contributed by atoms with Crippen molar-refractivity contribution in [2.75, 3.05) is 11.4 Å². The highest BCUT2D eigenvalue weighted by atomic mass is 35.5. The molecule has 1 amide bonds. The zero-order valence-corrected chi connectivity index (χ0v) is 21.4. The largest absolute Gasteiger partial charge is 0.348 e. The van der Waals surface area contributed by atoms with Crippen LogP contribution in [-0.2, 0) is 31.5 Å². The number of anilines is 2. The van der Waals surface area contributed by atoms with Crippen LogP contribution in [0.15, 0.2) is 70.8 Å². The molecule has 0 spiro atoms. The van der Waals surface area contributed by atoms with E-state index in [-0.39, 0.29) is 18.4 Å². The standard InChI is InChI=1S/C27H27ClN6O3/c1-4-22(35)29-13-18-8-7-10-20(12-18)32-14-17(2)15-33-23-24(30-26(32)33)31(3)27(37)34(25(23)36)16-19-9-5-6-11-21(19)28/h4-12,17H,1,13-16H2,2-3H3,(H,29,35). The molecular weight excluding hydrogens is 492 g/mol. The van der Waals surface area contributed by atoms with Crippen LogP contribution >= 0.6 is 11.6 Å². The molecule has 0 fully saturated rings. The van der Waals surface area contributed by atoms with Crippen molar-refractivity contribution in [3.63, 3.8) is 0 Å². The normalized spacial score (nSPS) is 15.0. The van der Waals surface area contributed by atoms with Gasteiger partial charge in [0.1, 0.15) is 0 Å². The highest BCUT2D eigenvalue weighted by molar-refractivity contribution is 6.31. The van der Waals surface area contributed by atoms with Crippen molar-refractivity contribution < 1.29 is 4.79 Å². The Morgan fingerprint density at radius 3 is 2.73 bits per heavy atom. The molecule has 1 N–H and O–H groups in total. The number of nitrogens with one attached hydrogen (secondary N) is 1. The summed E-state index contributed by atoms with van der Waals surface area (Å²) in [7, 11) is 1.63. The van der Waals surface area contributed by atoms with Crippen LogP contribution in [0.25, 0.3) is 11.2 Å². The number of benzene rings is 2. The van der Waals surface area contributed by atoms with Gasteiger partial charge in [-0.3, -0.25) is 18.7 Å². The van der Waals surface area contributed by atoms with E-state index in [1.165, 1.54) is 15.2 Å². The molecule has 3 heterocycles. The average molecular weight is 519 g/mol. The molecule has 0 radical (unpaired) electrons. The molecule has 4 aromatic rings. The first-order chi connectivity index (χ1) is 17.8. The molecular formula is C27H27ClN6O3. The quantitative estimate of drug-likeness (QED) is 0.396. The van der Waals surface area contributed by atoms with E-state index in [1.807, 2.05) is 41.0 Å². The first-order valence-corrected chi connectivity index (χ1v) is 12.4. The van der Waals surface area contributed by atoms with E-state index in [4.69, 9.17) is 16.6 Å². The maximum absolute atomic E-state index is 13.7. The number of nitrogens with zero attached hydrogens (tertiary/aromatic N) is 5. The predicted octanol–water partition coefficient (Wildman–Crippen LogP) is 3.19. The number of imidazole rings is 1. The summed E-state index contributed by atoms with van der Waals surface area (Å²) < 4.78 is 4.54. The van der Waals surface area contributed by atoms with Crippen LogP contribution in [0.1, 0.15) is 18.1 Å². The van der Waals surface area contributed by atoms with Crippen LogP contribution in [0.4, 0.5) is 11.6 Å². The second-order valence-electron chi connectivity index (χ2n) is 9.33. The lowest BCUT2D eigenvalue weighted by molar-refractivity contribution is -0.116. The number of carbonyl (C=O) groups excluding carboxylic acids is 1. The van der Waals surface area contributed by atoms with Crippen LogP contribution < -0.4 is 21.5 Å². The van der Waals surface area contributed by atoms with Crippen LogP contribution in [0.2, 0.25) is 5.02 Å². The number of fused-ring (bicyclic) bond motifs is 3. The van der Waals surface area contributed by atoms with Gasteiger partial charge in [0, 0.05) is 37.4 Å². The van der Waals surface area contributed by atoms with E-state index in [0.717, 1.165) is 11.3 Å². The van der Waals surface area contributed by atoms with Crippen molar-refractivity contribution in [2.24, 2.45) is 13.0 Å². The van der Waals surface area contributed by atoms with E-state index in [0.29, 0.717) is 47.3 Å². The Morgan fingerprint density at radius 2 is 1.97 bits per heavy atom. The van der Waals surface area contributed by atoms with Crippen molar-refractivity contribution in [1.29, 1.82) is 0 Å². The van der Waals surface area contributed by atoms with Crippen LogP contribution in [-0.4, -0.2) is 31.1 Å². The van der Waals surface area contributed by atoms with Crippen LogP contribution in [0.5, 0.6) is 0 Å². The summed E-state index contributed by atoms with van der Waals surface area (Å²) in [5.41, 5.74) is 2.37. The maximum atomic E-state index is 13.7. The smallest absolute Gasteiger partial charge is 0.332 e. The number of carbonyl (C=O) groups is 1. The summed E-state index contributed by atoms with van der Waals surface area (Å²) in [6.45, 7) is 7.31. The van der Waals surface area contributed by atoms with Crippen LogP contribution in [0, 0.1) is 5.92 Å². The van der Waals surface area contributed by atoms with Gasteiger partial charge in [0.15, 0.2) is 11.2 Å². The minimum Gasteiger partial charge on any atom is -0.348 e. The zero-order chi connectivity index (χ0) is 26.3. The lowest BCUT2D eigenvalue weighted by Gasteiger charge is -2.33. The molecule has 9 nitrogen and oxygen atoms in total. The predicted molar refractivity (Wildman–Crippen MR) is 144 cm³/mol. The Balaban J connectivity index is 1.62. The zero-order valence-electron chi connectivity index (χ0n) is 20.6. The lowest BCUT2D eigenvalue weighted by atomic mass is 10.1. The molecule has 10 heteroatoms. The first kappa shape index (κ1) is 24.6. The van der Waals surface area contributed by atoms with E-state index in [9.17, 15) is 14.4 Å². The van der Waals surface area contributed by atoms with Gasteiger partial charge in [-0.1, -0.05) is 55.4 Å². The summed E-state index contributed by atoms with van der Waals surface area (Å²) in [5.74, 6) is 0.568. The van der Waals surface area contributed by atoms with Gasteiger partial charge in [-0.2, -0.15) is 4.98 Å². The summed E-state index contributed by atoms with van der Waals surface area (Å²) in [6, 6.07) is 15.0. The average Bonchev–Trinajstić information content (AvgIpc) is 3.28. The summed E-state index contributed by atoms with van der Waals surface area (Å²) in [4.78, 5) is 45.4. The van der Waals surface area contributed by atoms with Crippen molar-refractivity contribution >= 4 is 40.3 Å². The second-order valence-corrected chi connectivity index (χ2v) is 9.73. The monoisotopic (exact) mass is 518 g/mol. The molecule has 1 aliphatic rings. The SMILES string of the molecule is C=CC(=O)NCc1cccc(N2CC(C)Cn3c2nc2c3c(=O)n(Cc3ccccc3Cl)c(=O)n2C)c1. The first-order valence-electron chi connectivity index (χ1n) is 12.0. The van der Waals surface area contributed by atoms with Gasteiger partial charge in [-0.05, 0) is 41.3 Å². The Morgan fingerprint density at radius 1 is 1.19 bits per heavy atom. The fourth-order valence-corrected chi connectivity index (χ4v) is 4.95. The third-order valence-corrected chi connectivity index (χ3v) is 6.97. The maximum Gasteiger partial charge on any atom is 0.332 e. The molecule has 0 saturated carbocycles. The molecule has 1 unspecified atom stereocenters. The van der Waals surface area contributed by atoms with Gasteiger partial charge in [0.05, 0.1) is 6.54 Å².